The van der Waals surface area contributed by atoms with E-state index in [2.05, 4.69) is 50.0 Å². The maximum atomic E-state index is 6.65. The fourth-order valence-electron chi connectivity index (χ4n) is 2.45. The standard InChI is InChI=1S/C19H20ClN/c1-4-17(21-5-2)19(20)16-13-9-10-14(3)18(16)15-11-7-6-8-12-15/h5-13,21H,2,4H2,1,3H3/b19-17+. The molecule has 1 N–H and O–H groups in total. The van der Waals surface area contributed by atoms with Crippen LogP contribution in [-0.4, -0.2) is 0 Å². The van der Waals surface area contributed by atoms with E-state index < -0.39 is 0 Å². The van der Waals surface area contributed by atoms with Gasteiger partial charge in [0.15, 0.2) is 0 Å². The van der Waals surface area contributed by atoms with Gasteiger partial charge < -0.3 is 5.32 Å². The fourth-order valence-corrected chi connectivity index (χ4v) is 2.79. The van der Waals surface area contributed by atoms with Gasteiger partial charge in [0.1, 0.15) is 0 Å². The minimum absolute atomic E-state index is 0.750. The summed E-state index contributed by atoms with van der Waals surface area (Å²) in [6, 6.07) is 16.6. The van der Waals surface area contributed by atoms with E-state index >= 15 is 0 Å². The number of benzene rings is 2. The number of allylic oxidation sites excluding steroid dienone is 1. The summed E-state index contributed by atoms with van der Waals surface area (Å²) in [5.41, 5.74) is 5.60. The van der Waals surface area contributed by atoms with Crippen LogP contribution in [0.5, 0.6) is 0 Å². The Labute approximate surface area is 132 Å². The van der Waals surface area contributed by atoms with Crippen LogP contribution < -0.4 is 5.32 Å². The van der Waals surface area contributed by atoms with Crippen LogP contribution in [0.15, 0.2) is 67.0 Å². The maximum absolute atomic E-state index is 6.65. The highest BCUT2D eigenvalue weighted by Crippen LogP contribution is 2.35. The highest BCUT2D eigenvalue weighted by molar-refractivity contribution is 6.49. The van der Waals surface area contributed by atoms with Gasteiger partial charge in [-0.25, -0.2) is 0 Å². The molecule has 0 saturated heterocycles. The zero-order valence-electron chi connectivity index (χ0n) is 12.5. The van der Waals surface area contributed by atoms with E-state index in [9.17, 15) is 0 Å². The van der Waals surface area contributed by atoms with Gasteiger partial charge in [-0.2, -0.15) is 0 Å². The molecular weight excluding hydrogens is 278 g/mol. The molecule has 21 heavy (non-hydrogen) atoms. The first-order valence-electron chi connectivity index (χ1n) is 7.10. The Kier molecular flexibility index (Phi) is 5.24. The van der Waals surface area contributed by atoms with Gasteiger partial charge in [-0.1, -0.05) is 73.6 Å². The van der Waals surface area contributed by atoms with Gasteiger partial charge in [-0.3, -0.25) is 0 Å². The van der Waals surface area contributed by atoms with Crippen molar-refractivity contribution in [2.75, 3.05) is 0 Å². The second-order valence-electron chi connectivity index (χ2n) is 4.86. The number of aryl methyl sites for hydroxylation is 1. The number of nitrogens with one attached hydrogen (secondary N) is 1. The number of rotatable bonds is 5. The molecule has 0 aliphatic carbocycles. The molecule has 2 rings (SSSR count). The molecule has 2 aromatic carbocycles. The van der Waals surface area contributed by atoms with Crippen LogP contribution in [0.1, 0.15) is 24.5 Å². The third-order valence-electron chi connectivity index (χ3n) is 3.47. The first-order valence-corrected chi connectivity index (χ1v) is 7.48. The van der Waals surface area contributed by atoms with E-state index in [1.807, 2.05) is 24.3 Å². The molecule has 0 amide bonds. The van der Waals surface area contributed by atoms with Crippen LogP contribution in [-0.2, 0) is 0 Å². The molecule has 0 unspecified atom stereocenters. The first-order chi connectivity index (χ1) is 10.2. The van der Waals surface area contributed by atoms with Crippen molar-refractivity contribution in [3.05, 3.63) is 78.1 Å². The third kappa shape index (κ3) is 3.37. The predicted octanol–water partition coefficient (Wildman–Crippen LogP) is 5.71. The van der Waals surface area contributed by atoms with Gasteiger partial charge in [-0.15, -0.1) is 0 Å². The lowest BCUT2D eigenvalue weighted by molar-refractivity contribution is 0.956. The van der Waals surface area contributed by atoms with Crippen molar-refractivity contribution in [1.82, 2.24) is 5.32 Å². The first kappa shape index (κ1) is 15.4. The summed E-state index contributed by atoms with van der Waals surface area (Å²) in [6.07, 6.45) is 2.49. The lowest BCUT2D eigenvalue weighted by Crippen LogP contribution is -2.05. The summed E-state index contributed by atoms with van der Waals surface area (Å²) in [5, 5.41) is 3.89. The Balaban J connectivity index is 2.65. The van der Waals surface area contributed by atoms with E-state index in [0.717, 1.165) is 22.7 Å². The summed E-state index contributed by atoms with van der Waals surface area (Å²) in [4.78, 5) is 0. The SMILES string of the molecule is C=CN/C(CC)=C(/Cl)c1cccc(C)c1-c1ccccc1. The Morgan fingerprint density at radius 3 is 2.48 bits per heavy atom. The lowest BCUT2D eigenvalue weighted by Gasteiger charge is -2.15. The zero-order valence-corrected chi connectivity index (χ0v) is 13.2. The van der Waals surface area contributed by atoms with Crippen molar-refractivity contribution >= 4 is 16.6 Å². The lowest BCUT2D eigenvalue weighted by atomic mass is 9.94. The third-order valence-corrected chi connectivity index (χ3v) is 3.90. The van der Waals surface area contributed by atoms with Crippen LogP contribution in [0.2, 0.25) is 0 Å². The van der Waals surface area contributed by atoms with Crippen molar-refractivity contribution in [2.24, 2.45) is 0 Å². The quantitative estimate of drug-likeness (QED) is 0.745. The monoisotopic (exact) mass is 297 g/mol. The van der Waals surface area contributed by atoms with Crippen LogP contribution >= 0.6 is 11.6 Å². The van der Waals surface area contributed by atoms with E-state index in [-0.39, 0.29) is 0 Å². The van der Waals surface area contributed by atoms with Crippen molar-refractivity contribution in [3.8, 4) is 11.1 Å². The summed E-state index contributed by atoms with van der Waals surface area (Å²) in [5.74, 6) is 0. The molecule has 0 atom stereocenters. The molecule has 2 aromatic rings. The smallest absolute Gasteiger partial charge is 0.0677 e. The van der Waals surface area contributed by atoms with Crippen molar-refractivity contribution < 1.29 is 0 Å². The largest absolute Gasteiger partial charge is 0.364 e. The molecular formula is C19H20ClN. The number of halogens is 1. The van der Waals surface area contributed by atoms with Gasteiger partial charge in [0, 0.05) is 11.3 Å². The molecule has 0 aromatic heterocycles. The Morgan fingerprint density at radius 2 is 1.86 bits per heavy atom. The van der Waals surface area contributed by atoms with E-state index in [4.69, 9.17) is 11.6 Å². The van der Waals surface area contributed by atoms with Crippen LogP contribution in [0.3, 0.4) is 0 Å². The normalized spacial score (nSPS) is 11.8. The van der Waals surface area contributed by atoms with Gasteiger partial charge >= 0.3 is 0 Å². The average Bonchev–Trinajstić information content (AvgIpc) is 2.52. The minimum Gasteiger partial charge on any atom is -0.364 e. The van der Waals surface area contributed by atoms with Gasteiger partial charge in [0.05, 0.1) is 5.03 Å². The molecule has 0 radical (unpaired) electrons. The highest BCUT2D eigenvalue weighted by Gasteiger charge is 2.13. The number of hydrogen-bond acceptors (Lipinski definition) is 1. The fraction of sp³-hybridized carbons (Fsp3) is 0.158. The molecule has 108 valence electrons. The molecule has 0 fully saturated rings. The summed E-state index contributed by atoms with van der Waals surface area (Å²) < 4.78 is 0. The van der Waals surface area contributed by atoms with Crippen LogP contribution in [0.4, 0.5) is 0 Å². The summed E-state index contributed by atoms with van der Waals surface area (Å²) in [7, 11) is 0. The van der Waals surface area contributed by atoms with E-state index in [1.54, 1.807) is 6.20 Å². The second-order valence-corrected chi connectivity index (χ2v) is 5.24. The molecule has 0 spiro atoms. The van der Waals surface area contributed by atoms with Crippen molar-refractivity contribution in [3.63, 3.8) is 0 Å². The molecule has 0 aliphatic rings. The van der Waals surface area contributed by atoms with Gasteiger partial charge in [0.25, 0.3) is 0 Å². The summed E-state index contributed by atoms with van der Waals surface area (Å²) >= 11 is 6.65. The zero-order chi connectivity index (χ0) is 15.2. The van der Waals surface area contributed by atoms with E-state index in [1.165, 1.54) is 16.7 Å². The number of hydrogen-bond donors (Lipinski definition) is 1. The van der Waals surface area contributed by atoms with Crippen molar-refractivity contribution in [1.29, 1.82) is 0 Å². The highest BCUT2D eigenvalue weighted by atomic mass is 35.5. The average molecular weight is 298 g/mol. The Hall–Kier alpha value is -1.99. The van der Waals surface area contributed by atoms with Gasteiger partial charge in [-0.05, 0) is 36.2 Å². The molecule has 1 nitrogen and oxygen atoms in total. The Morgan fingerprint density at radius 1 is 1.14 bits per heavy atom. The topological polar surface area (TPSA) is 12.0 Å². The minimum atomic E-state index is 0.750. The van der Waals surface area contributed by atoms with Crippen molar-refractivity contribution in [2.45, 2.75) is 20.3 Å². The Bertz CT molecular complexity index is 657. The summed E-state index contributed by atoms with van der Waals surface area (Å²) in [6.45, 7) is 7.91. The molecule has 0 saturated carbocycles. The molecule has 2 heteroatoms. The molecule has 0 aliphatic heterocycles. The van der Waals surface area contributed by atoms with Crippen LogP contribution in [0, 0.1) is 6.92 Å². The molecule has 0 heterocycles. The second kappa shape index (κ2) is 7.14. The van der Waals surface area contributed by atoms with Gasteiger partial charge in [0.2, 0.25) is 0 Å². The maximum Gasteiger partial charge on any atom is 0.0677 e. The van der Waals surface area contributed by atoms with Crippen LogP contribution in [0.25, 0.3) is 16.2 Å². The predicted molar refractivity (Wildman–Crippen MR) is 93.0 cm³/mol. The molecule has 0 bridgehead atoms. The van der Waals surface area contributed by atoms with E-state index in [0.29, 0.717) is 0 Å².